The summed E-state index contributed by atoms with van der Waals surface area (Å²) in [6.07, 6.45) is 2.40. The standard InChI is InChI=1S/C26H20N2O4/c1-17-14-19-15-18(12-13-23(19)32-17)16-22-24(29)27(20-8-4-2-5-9-20)26(31)28(25(22)30)21-10-6-3-7-11-21/h2-13,15-17H,14H2,1H3/t17-/m1/s1. The monoisotopic (exact) mass is 424 g/mol. The van der Waals surface area contributed by atoms with E-state index in [1.165, 1.54) is 0 Å². The van der Waals surface area contributed by atoms with Gasteiger partial charge in [0.15, 0.2) is 0 Å². The summed E-state index contributed by atoms with van der Waals surface area (Å²) in [6.45, 7) is 1.99. The van der Waals surface area contributed by atoms with Gasteiger partial charge in [-0.25, -0.2) is 14.6 Å². The number of barbiturate groups is 1. The molecule has 3 aromatic rings. The van der Waals surface area contributed by atoms with Crippen molar-refractivity contribution < 1.29 is 19.1 Å². The van der Waals surface area contributed by atoms with Gasteiger partial charge < -0.3 is 4.74 Å². The number of amides is 4. The van der Waals surface area contributed by atoms with Crippen LogP contribution in [-0.2, 0) is 16.0 Å². The van der Waals surface area contributed by atoms with Crippen LogP contribution in [0.1, 0.15) is 18.1 Å². The predicted octanol–water partition coefficient (Wildman–Crippen LogP) is 4.59. The molecule has 2 aliphatic rings. The van der Waals surface area contributed by atoms with Gasteiger partial charge in [0.25, 0.3) is 11.8 Å². The maximum absolute atomic E-state index is 13.4. The Morgan fingerprint density at radius 2 is 1.38 bits per heavy atom. The lowest BCUT2D eigenvalue weighted by atomic mass is 10.0. The van der Waals surface area contributed by atoms with E-state index in [0.717, 1.165) is 27.5 Å². The molecule has 1 atom stereocenters. The van der Waals surface area contributed by atoms with Crippen molar-refractivity contribution in [2.45, 2.75) is 19.4 Å². The molecule has 0 aromatic heterocycles. The summed E-state index contributed by atoms with van der Waals surface area (Å²) >= 11 is 0. The van der Waals surface area contributed by atoms with Gasteiger partial charge in [0, 0.05) is 6.42 Å². The highest BCUT2D eigenvalue weighted by atomic mass is 16.5. The van der Waals surface area contributed by atoms with Crippen molar-refractivity contribution in [1.82, 2.24) is 0 Å². The van der Waals surface area contributed by atoms with Gasteiger partial charge in [-0.15, -0.1) is 0 Å². The third kappa shape index (κ3) is 3.36. The lowest BCUT2D eigenvalue weighted by Gasteiger charge is -2.33. The van der Waals surface area contributed by atoms with Gasteiger partial charge in [-0.1, -0.05) is 42.5 Å². The zero-order valence-corrected chi connectivity index (χ0v) is 17.4. The number of hydrogen-bond acceptors (Lipinski definition) is 4. The third-order valence-corrected chi connectivity index (χ3v) is 5.51. The van der Waals surface area contributed by atoms with Crippen LogP contribution in [0.15, 0.2) is 84.4 Å². The zero-order valence-electron chi connectivity index (χ0n) is 17.4. The second-order valence-electron chi connectivity index (χ2n) is 7.79. The van der Waals surface area contributed by atoms with Gasteiger partial charge in [-0.3, -0.25) is 9.59 Å². The van der Waals surface area contributed by atoms with E-state index >= 15 is 0 Å². The van der Waals surface area contributed by atoms with Crippen molar-refractivity contribution in [2.75, 3.05) is 9.80 Å². The molecule has 6 heteroatoms. The van der Waals surface area contributed by atoms with E-state index in [2.05, 4.69) is 0 Å². The Labute approximate surface area is 185 Å². The van der Waals surface area contributed by atoms with E-state index < -0.39 is 17.8 Å². The Morgan fingerprint density at radius 3 is 1.94 bits per heavy atom. The van der Waals surface area contributed by atoms with Crippen LogP contribution < -0.4 is 14.5 Å². The molecule has 5 rings (SSSR count). The van der Waals surface area contributed by atoms with Crippen molar-refractivity contribution in [3.8, 4) is 5.75 Å². The van der Waals surface area contributed by atoms with Crippen molar-refractivity contribution >= 4 is 35.3 Å². The van der Waals surface area contributed by atoms with Crippen molar-refractivity contribution in [3.05, 3.63) is 95.6 Å². The molecule has 2 aliphatic heterocycles. The summed E-state index contributed by atoms with van der Waals surface area (Å²) in [5.41, 5.74) is 2.45. The molecule has 0 unspecified atom stereocenters. The Balaban J connectivity index is 1.62. The minimum Gasteiger partial charge on any atom is -0.490 e. The number of benzene rings is 3. The van der Waals surface area contributed by atoms with Crippen LogP contribution in [0, 0.1) is 0 Å². The molecular formula is C26H20N2O4. The van der Waals surface area contributed by atoms with E-state index in [1.54, 1.807) is 72.8 Å². The van der Waals surface area contributed by atoms with Crippen LogP contribution in [0.2, 0.25) is 0 Å². The highest BCUT2D eigenvalue weighted by Gasteiger charge is 2.43. The molecule has 0 N–H and O–H groups in total. The molecule has 32 heavy (non-hydrogen) atoms. The van der Waals surface area contributed by atoms with E-state index in [0.29, 0.717) is 16.9 Å². The molecule has 0 spiro atoms. The molecule has 0 radical (unpaired) electrons. The smallest absolute Gasteiger partial charge is 0.343 e. The Hall–Kier alpha value is -4.19. The van der Waals surface area contributed by atoms with Crippen molar-refractivity contribution in [1.29, 1.82) is 0 Å². The van der Waals surface area contributed by atoms with Crippen LogP contribution >= 0.6 is 0 Å². The number of nitrogens with zero attached hydrogens (tertiary/aromatic N) is 2. The molecule has 0 aliphatic carbocycles. The van der Waals surface area contributed by atoms with Gasteiger partial charge in [0.2, 0.25) is 0 Å². The lowest BCUT2D eigenvalue weighted by molar-refractivity contribution is -0.121. The molecule has 1 saturated heterocycles. The number of urea groups is 1. The molecule has 158 valence electrons. The molecule has 2 heterocycles. The third-order valence-electron chi connectivity index (χ3n) is 5.51. The predicted molar refractivity (Wildman–Crippen MR) is 121 cm³/mol. The van der Waals surface area contributed by atoms with Crippen molar-refractivity contribution in [2.24, 2.45) is 0 Å². The van der Waals surface area contributed by atoms with Crippen LogP contribution in [-0.4, -0.2) is 23.9 Å². The summed E-state index contributed by atoms with van der Waals surface area (Å²) in [5.74, 6) is -0.486. The molecule has 4 amide bonds. The Morgan fingerprint density at radius 1 is 0.812 bits per heavy atom. The normalized spacial score (nSPS) is 18.0. The zero-order chi connectivity index (χ0) is 22.2. The minimum atomic E-state index is -0.703. The number of ether oxygens (including phenoxy) is 1. The van der Waals surface area contributed by atoms with Crippen LogP contribution in [0.4, 0.5) is 16.2 Å². The van der Waals surface area contributed by atoms with Gasteiger partial charge in [-0.05, 0) is 60.5 Å². The summed E-state index contributed by atoms with van der Waals surface area (Å²) in [5, 5.41) is 0. The Bertz CT molecular complexity index is 1190. The van der Waals surface area contributed by atoms with Crippen LogP contribution in [0.5, 0.6) is 5.75 Å². The van der Waals surface area contributed by atoms with Crippen molar-refractivity contribution in [3.63, 3.8) is 0 Å². The first kappa shape index (κ1) is 19.8. The summed E-state index contributed by atoms with van der Waals surface area (Å²) < 4.78 is 5.74. The molecule has 1 fully saturated rings. The highest BCUT2D eigenvalue weighted by molar-refractivity contribution is 6.46. The average molecular weight is 424 g/mol. The summed E-state index contributed by atoms with van der Waals surface area (Å²) in [6, 6.07) is 22.1. The van der Waals surface area contributed by atoms with E-state index in [1.807, 2.05) is 19.1 Å². The first-order valence-electron chi connectivity index (χ1n) is 10.4. The second-order valence-corrected chi connectivity index (χ2v) is 7.79. The van der Waals surface area contributed by atoms with Crippen LogP contribution in [0.25, 0.3) is 6.08 Å². The number of para-hydroxylation sites is 2. The number of fused-ring (bicyclic) bond motifs is 1. The fourth-order valence-electron chi connectivity index (χ4n) is 4.04. The summed E-state index contributed by atoms with van der Waals surface area (Å²) in [4.78, 5) is 42.1. The van der Waals surface area contributed by atoms with E-state index in [9.17, 15) is 14.4 Å². The number of carbonyl (C=O) groups is 3. The maximum atomic E-state index is 13.4. The molecule has 3 aromatic carbocycles. The summed E-state index contributed by atoms with van der Waals surface area (Å²) in [7, 11) is 0. The van der Waals surface area contributed by atoms with E-state index in [4.69, 9.17) is 4.74 Å². The topological polar surface area (TPSA) is 66.9 Å². The van der Waals surface area contributed by atoms with Gasteiger partial charge in [-0.2, -0.15) is 0 Å². The number of imide groups is 2. The molecule has 6 nitrogen and oxygen atoms in total. The number of carbonyl (C=O) groups excluding carboxylic acids is 3. The molecule has 0 saturated carbocycles. The highest BCUT2D eigenvalue weighted by Crippen LogP contribution is 2.32. The largest absolute Gasteiger partial charge is 0.490 e. The fraction of sp³-hybridized carbons (Fsp3) is 0.115. The first-order valence-corrected chi connectivity index (χ1v) is 10.4. The fourth-order valence-corrected chi connectivity index (χ4v) is 4.04. The SMILES string of the molecule is C[C@@H]1Cc2cc(C=C3C(=O)N(c4ccccc4)C(=O)N(c4ccccc4)C3=O)ccc2O1. The average Bonchev–Trinajstić information content (AvgIpc) is 3.17. The second kappa shape index (κ2) is 7.81. The van der Waals surface area contributed by atoms with Gasteiger partial charge >= 0.3 is 6.03 Å². The maximum Gasteiger partial charge on any atom is 0.343 e. The number of anilines is 2. The van der Waals surface area contributed by atoms with Crippen LogP contribution in [0.3, 0.4) is 0 Å². The quantitative estimate of drug-likeness (QED) is 0.456. The Kier molecular flexibility index (Phi) is 4.82. The number of rotatable bonds is 3. The van der Waals surface area contributed by atoms with E-state index in [-0.39, 0.29) is 11.7 Å². The first-order chi connectivity index (χ1) is 15.5. The lowest BCUT2D eigenvalue weighted by Crippen LogP contribution is -2.57. The van der Waals surface area contributed by atoms with Gasteiger partial charge in [0.05, 0.1) is 11.4 Å². The molecular weight excluding hydrogens is 404 g/mol. The van der Waals surface area contributed by atoms with Gasteiger partial charge in [0.1, 0.15) is 17.4 Å². The minimum absolute atomic E-state index is 0.0794. The molecule has 0 bridgehead atoms. The number of hydrogen-bond donors (Lipinski definition) is 0.